The number of likely N-dealkylation sites (tertiary alicyclic amines) is 1. The van der Waals surface area contributed by atoms with Crippen LogP contribution in [0.4, 0.5) is 5.69 Å². The Kier molecular flexibility index (Phi) is 5.68. The predicted octanol–water partition coefficient (Wildman–Crippen LogP) is 3.60. The van der Waals surface area contributed by atoms with E-state index in [1.165, 1.54) is 18.9 Å². The predicted molar refractivity (Wildman–Crippen MR) is 98.1 cm³/mol. The molecule has 24 heavy (non-hydrogen) atoms. The van der Waals surface area contributed by atoms with Gasteiger partial charge < -0.3 is 9.80 Å². The largest absolute Gasteiger partial charge is 0.341 e. The van der Waals surface area contributed by atoms with Crippen molar-refractivity contribution >= 4 is 17.5 Å². The second-order valence-corrected chi connectivity index (χ2v) is 7.99. The third-order valence-corrected chi connectivity index (χ3v) is 4.73. The number of piperidine rings is 1. The fourth-order valence-electron chi connectivity index (χ4n) is 3.18. The Morgan fingerprint density at radius 1 is 1.21 bits per heavy atom. The van der Waals surface area contributed by atoms with Gasteiger partial charge in [0.2, 0.25) is 11.8 Å². The lowest BCUT2D eigenvalue weighted by atomic mass is 9.87. The van der Waals surface area contributed by atoms with E-state index in [-0.39, 0.29) is 23.8 Å². The second kappa shape index (κ2) is 7.37. The molecule has 1 fully saturated rings. The maximum absolute atomic E-state index is 12.6. The van der Waals surface area contributed by atoms with E-state index in [9.17, 15) is 9.59 Å². The Morgan fingerprint density at radius 3 is 2.33 bits per heavy atom. The van der Waals surface area contributed by atoms with Crippen LogP contribution in [0.5, 0.6) is 0 Å². The first kappa shape index (κ1) is 18.5. The van der Waals surface area contributed by atoms with Crippen LogP contribution in [0.2, 0.25) is 0 Å². The quantitative estimate of drug-likeness (QED) is 0.850. The highest BCUT2D eigenvalue weighted by Crippen LogP contribution is 2.25. The Morgan fingerprint density at radius 2 is 1.83 bits per heavy atom. The molecule has 0 radical (unpaired) electrons. The fourth-order valence-corrected chi connectivity index (χ4v) is 3.18. The molecule has 0 aromatic heterocycles. The molecule has 4 nitrogen and oxygen atoms in total. The number of nitrogens with zero attached hydrogens (tertiary/aromatic N) is 2. The summed E-state index contributed by atoms with van der Waals surface area (Å²) in [6, 6.07) is 7.96. The van der Waals surface area contributed by atoms with E-state index in [1.54, 1.807) is 4.90 Å². The van der Waals surface area contributed by atoms with Crippen LogP contribution in [-0.2, 0) is 15.0 Å². The molecule has 1 atom stereocenters. The van der Waals surface area contributed by atoms with Crippen LogP contribution in [-0.4, -0.2) is 36.3 Å². The Balaban J connectivity index is 2.12. The van der Waals surface area contributed by atoms with Gasteiger partial charge in [-0.05, 0) is 41.9 Å². The van der Waals surface area contributed by atoms with Crippen molar-refractivity contribution in [2.75, 3.05) is 24.5 Å². The first-order valence-electron chi connectivity index (χ1n) is 8.85. The fraction of sp³-hybridized carbons (Fsp3) is 0.600. The van der Waals surface area contributed by atoms with Gasteiger partial charge in [0.25, 0.3) is 0 Å². The molecule has 0 spiro atoms. The van der Waals surface area contributed by atoms with E-state index >= 15 is 0 Å². The van der Waals surface area contributed by atoms with E-state index in [2.05, 4.69) is 27.7 Å². The van der Waals surface area contributed by atoms with Crippen LogP contribution in [0.25, 0.3) is 0 Å². The molecule has 1 heterocycles. The van der Waals surface area contributed by atoms with Gasteiger partial charge in [-0.1, -0.05) is 39.8 Å². The average molecular weight is 330 g/mol. The average Bonchev–Trinajstić information content (AvgIpc) is 2.51. The van der Waals surface area contributed by atoms with Gasteiger partial charge in [0.15, 0.2) is 0 Å². The number of carbonyl (C=O) groups is 2. The Labute approximate surface area is 145 Å². The van der Waals surface area contributed by atoms with Crippen LogP contribution in [0, 0.1) is 5.92 Å². The smallest absolute Gasteiger partial charge is 0.242 e. The Hall–Kier alpha value is -1.84. The summed E-state index contributed by atoms with van der Waals surface area (Å²) < 4.78 is 0. The van der Waals surface area contributed by atoms with Crippen LogP contribution in [0.15, 0.2) is 24.3 Å². The van der Waals surface area contributed by atoms with Crippen LogP contribution >= 0.6 is 0 Å². The van der Waals surface area contributed by atoms with Crippen molar-refractivity contribution in [3.05, 3.63) is 29.8 Å². The molecule has 4 heteroatoms. The van der Waals surface area contributed by atoms with Crippen molar-refractivity contribution in [3.63, 3.8) is 0 Å². The molecule has 1 unspecified atom stereocenters. The SMILES string of the molecule is CC(=O)N(CC(=O)N1CCCC(C)C1)c1ccc(C(C)(C)C)cc1. The van der Waals surface area contributed by atoms with E-state index < -0.39 is 0 Å². The van der Waals surface area contributed by atoms with Gasteiger partial charge in [-0.25, -0.2) is 0 Å². The summed E-state index contributed by atoms with van der Waals surface area (Å²) >= 11 is 0. The van der Waals surface area contributed by atoms with Crippen molar-refractivity contribution in [1.29, 1.82) is 0 Å². The summed E-state index contributed by atoms with van der Waals surface area (Å²) in [5.74, 6) is 0.480. The lowest BCUT2D eigenvalue weighted by molar-refractivity contribution is -0.132. The normalized spacial score (nSPS) is 18.4. The molecule has 0 N–H and O–H groups in total. The van der Waals surface area contributed by atoms with Crippen molar-refractivity contribution < 1.29 is 9.59 Å². The van der Waals surface area contributed by atoms with Crippen LogP contribution in [0.3, 0.4) is 0 Å². The van der Waals surface area contributed by atoms with Gasteiger partial charge >= 0.3 is 0 Å². The number of hydrogen-bond donors (Lipinski definition) is 0. The number of anilines is 1. The molecular formula is C20H30N2O2. The van der Waals surface area contributed by atoms with Crippen molar-refractivity contribution in [2.45, 2.75) is 52.9 Å². The van der Waals surface area contributed by atoms with Gasteiger partial charge in [0.1, 0.15) is 6.54 Å². The van der Waals surface area contributed by atoms with Gasteiger partial charge in [0, 0.05) is 25.7 Å². The van der Waals surface area contributed by atoms with E-state index in [1.807, 2.05) is 29.2 Å². The lowest BCUT2D eigenvalue weighted by Gasteiger charge is -2.33. The highest BCUT2D eigenvalue weighted by Gasteiger charge is 2.24. The molecule has 1 aromatic carbocycles. The molecule has 132 valence electrons. The van der Waals surface area contributed by atoms with Crippen LogP contribution in [0.1, 0.15) is 53.0 Å². The molecule has 1 saturated heterocycles. The summed E-state index contributed by atoms with van der Waals surface area (Å²) in [7, 11) is 0. The highest BCUT2D eigenvalue weighted by molar-refractivity contribution is 5.97. The Bertz CT molecular complexity index is 587. The number of rotatable bonds is 3. The summed E-state index contributed by atoms with van der Waals surface area (Å²) in [4.78, 5) is 28.1. The number of benzene rings is 1. The van der Waals surface area contributed by atoms with E-state index in [0.29, 0.717) is 5.92 Å². The third-order valence-electron chi connectivity index (χ3n) is 4.73. The van der Waals surface area contributed by atoms with E-state index in [0.717, 1.165) is 25.2 Å². The number of hydrogen-bond acceptors (Lipinski definition) is 2. The van der Waals surface area contributed by atoms with Crippen molar-refractivity contribution in [1.82, 2.24) is 4.90 Å². The van der Waals surface area contributed by atoms with Crippen molar-refractivity contribution in [3.8, 4) is 0 Å². The second-order valence-electron chi connectivity index (χ2n) is 7.99. The van der Waals surface area contributed by atoms with Crippen molar-refractivity contribution in [2.24, 2.45) is 5.92 Å². The maximum atomic E-state index is 12.6. The summed E-state index contributed by atoms with van der Waals surface area (Å²) in [6.07, 6.45) is 2.22. The molecule has 1 aromatic rings. The highest BCUT2D eigenvalue weighted by atomic mass is 16.2. The van der Waals surface area contributed by atoms with E-state index in [4.69, 9.17) is 0 Å². The number of amides is 2. The molecular weight excluding hydrogens is 300 g/mol. The molecule has 2 amide bonds. The zero-order valence-electron chi connectivity index (χ0n) is 15.6. The molecule has 1 aliphatic rings. The van der Waals surface area contributed by atoms with Gasteiger partial charge in [-0.3, -0.25) is 9.59 Å². The molecule has 0 saturated carbocycles. The first-order valence-corrected chi connectivity index (χ1v) is 8.85. The molecule has 1 aliphatic heterocycles. The van der Waals surface area contributed by atoms with Gasteiger partial charge in [0.05, 0.1) is 0 Å². The first-order chi connectivity index (χ1) is 11.2. The number of carbonyl (C=O) groups excluding carboxylic acids is 2. The van der Waals surface area contributed by atoms with Gasteiger partial charge in [-0.15, -0.1) is 0 Å². The summed E-state index contributed by atoms with van der Waals surface area (Å²) in [5.41, 5.74) is 2.07. The minimum atomic E-state index is -0.100. The standard InChI is InChI=1S/C20H30N2O2/c1-15-7-6-12-21(13-15)19(24)14-22(16(2)23)18-10-8-17(9-11-18)20(3,4)5/h8-11,15H,6-7,12-14H2,1-5H3. The van der Waals surface area contributed by atoms with Crippen LogP contribution < -0.4 is 4.90 Å². The monoisotopic (exact) mass is 330 g/mol. The topological polar surface area (TPSA) is 40.6 Å². The minimum Gasteiger partial charge on any atom is -0.341 e. The molecule has 0 bridgehead atoms. The summed E-state index contributed by atoms with van der Waals surface area (Å²) in [5, 5.41) is 0. The summed E-state index contributed by atoms with van der Waals surface area (Å²) in [6.45, 7) is 11.9. The molecule has 0 aliphatic carbocycles. The minimum absolute atomic E-state index is 0.0386. The zero-order valence-corrected chi connectivity index (χ0v) is 15.6. The van der Waals surface area contributed by atoms with Gasteiger partial charge in [-0.2, -0.15) is 0 Å². The zero-order chi connectivity index (χ0) is 17.9. The third kappa shape index (κ3) is 4.59. The lowest BCUT2D eigenvalue weighted by Crippen LogP contribution is -2.46. The maximum Gasteiger partial charge on any atom is 0.242 e. The molecule has 2 rings (SSSR count).